The molecule has 0 bridgehead atoms. The average molecular weight is 392 g/mol. The van der Waals surface area contributed by atoms with Gasteiger partial charge in [-0.3, -0.25) is 9.36 Å². The van der Waals surface area contributed by atoms with Crippen LogP contribution in [-0.2, 0) is 0 Å². The van der Waals surface area contributed by atoms with Crippen molar-refractivity contribution in [1.29, 1.82) is 0 Å². The molecule has 0 radical (unpaired) electrons. The van der Waals surface area contributed by atoms with Gasteiger partial charge in [0.1, 0.15) is 5.82 Å². The number of aliphatic hydroxyl groups is 2. The molecule has 0 spiro atoms. The quantitative estimate of drug-likeness (QED) is 0.516. The zero-order chi connectivity index (χ0) is 20.5. The Balaban J connectivity index is 1.97. The number of rotatable bonds is 3. The average Bonchev–Trinajstić information content (AvgIpc) is 3.40. The maximum atomic E-state index is 15.1. The van der Waals surface area contributed by atoms with Crippen molar-refractivity contribution in [3.63, 3.8) is 0 Å². The van der Waals surface area contributed by atoms with Gasteiger partial charge < -0.3 is 21.0 Å². The first-order valence-electron chi connectivity index (χ1n) is 9.44. The summed E-state index contributed by atoms with van der Waals surface area (Å²) in [6.45, 7) is 6.01. The van der Waals surface area contributed by atoms with Crippen LogP contribution >= 0.6 is 0 Å². The molecule has 1 saturated carbocycles. The summed E-state index contributed by atoms with van der Waals surface area (Å²) in [7, 11) is 0. The van der Waals surface area contributed by atoms with Crippen LogP contribution in [0.4, 0.5) is 10.1 Å². The lowest BCUT2D eigenvalue weighted by atomic mass is 9.80. The first-order valence-corrected chi connectivity index (χ1v) is 9.44. The molecule has 8 nitrogen and oxygen atoms in total. The topological polar surface area (TPSA) is 114 Å². The summed E-state index contributed by atoms with van der Waals surface area (Å²) < 4.78 is 17.2. The first-order chi connectivity index (χ1) is 13.1. The van der Waals surface area contributed by atoms with Gasteiger partial charge in [0, 0.05) is 30.1 Å². The number of halogens is 1. The number of hydrogen-bond donors (Lipinski definition) is 3. The Kier molecular flexibility index (Phi) is 4.10. The molecule has 2 heterocycles. The molecular weight excluding hydrogens is 367 g/mol. The Morgan fingerprint density at radius 1 is 1.32 bits per heavy atom. The van der Waals surface area contributed by atoms with Gasteiger partial charge in [-0.15, -0.1) is 0 Å². The van der Waals surface area contributed by atoms with Crippen molar-refractivity contribution in [3.05, 3.63) is 38.3 Å². The van der Waals surface area contributed by atoms with Crippen molar-refractivity contribution in [2.45, 2.75) is 45.9 Å². The molecule has 1 aromatic heterocycles. The maximum Gasteiger partial charge on any atom is 0.350 e. The van der Waals surface area contributed by atoms with Crippen molar-refractivity contribution >= 4 is 16.6 Å². The molecule has 1 aliphatic heterocycles. The fourth-order valence-electron chi connectivity index (χ4n) is 4.40. The van der Waals surface area contributed by atoms with Crippen LogP contribution in [0, 0.1) is 24.1 Å². The summed E-state index contributed by atoms with van der Waals surface area (Å²) in [5.41, 5.74) is -0.972. The second-order valence-electron chi connectivity index (χ2n) is 8.45. The van der Waals surface area contributed by atoms with Crippen LogP contribution in [0.5, 0.6) is 0 Å². The molecule has 4 rings (SSSR count). The minimum Gasteiger partial charge on any atom is -0.368 e. The van der Waals surface area contributed by atoms with E-state index >= 15 is 4.39 Å². The number of nitrogens with two attached hydrogens (primary N) is 1. The van der Waals surface area contributed by atoms with Crippen LogP contribution < -0.4 is 22.0 Å². The number of aliphatic hydroxyl groups excluding tert-OH is 1. The lowest BCUT2D eigenvalue weighted by Gasteiger charge is -2.30. The van der Waals surface area contributed by atoms with E-state index in [0.29, 0.717) is 22.3 Å². The maximum absolute atomic E-state index is 15.1. The number of hydrogen-bond acceptors (Lipinski definition) is 6. The van der Waals surface area contributed by atoms with Gasteiger partial charge in [-0.25, -0.2) is 9.18 Å². The molecule has 2 aliphatic rings. The van der Waals surface area contributed by atoms with E-state index in [1.807, 2.05) is 6.92 Å². The third-order valence-electron chi connectivity index (χ3n) is 6.53. The molecule has 0 amide bonds. The van der Waals surface area contributed by atoms with E-state index in [2.05, 4.69) is 0 Å². The smallest absolute Gasteiger partial charge is 0.350 e. The molecule has 152 valence electrons. The highest BCUT2D eigenvalue weighted by atomic mass is 19.1. The minimum absolute atomic E-state index is 0.0514. The highest BCUT2D eigenvalue weighted by molar-refractivity contribution is 5.87. The summed E-state index contributed by atoms with van der Waals surface area (Å²) >= 11 is 0. The van der Waals surface area contributed by atoms with Gasteiger partial charge in [-0.2, -0.15) is 4.68 Å². The largest absolute Gasteiger partial charge is 0.368 e. The molecule has 2 fully saturated rings. The van der Waals surface area contributed by atoms with Crippen LogP contribution in [0.15, 0.2) is 15.7 Å². The fraction of sp³-hybridized carbons (Fsp3) is 0.579. The lowest BCUT2D eigenvalue weighted by Crippen LogP contribution is -2.44. The van der Waals surface area contributed by atoms with E-state index in [9.17, 15) is 19.8 Å². The Morgan fingerprint density at radius 2 is 1.96 bits per heavy atom. The standard InChI is InChI=1S/C19H25FN4O4/c1-9-7-22(8-19(9,3)17(26)27)15-10(2)14-12(6-13(15)20)16(25)24(21)18(28)23(14)11-4-5-11/h6,9,11,17,26-27H,4-5,7-8,21H2,1-3H3. The lowest BCUT2D eigenvalue weighted by molar-refractivity contribution is -0.133. The molecule has 1 saturated heterocycles. The normalized spacial score (nSPS) is 25.2. The molecule has 1 aromatic carbocycles. The zero-order valence-electron chi connectivity index (χ0n) is 16.1. The Labute approximate surface area is 160 Å². The number of nitrogens with zero attached hydrogens (tertiary/aromatic N) is 3. The molecule has 28 heavy (non-hydrogen) atoms. The van der Waals surface area contributed by atoms with E-state index in [-0.39, 0.29) is 29.6 Å². The van der Waals surface area contributed by atoms with Gasteiger partial charge in [0.2, 0.25) is 0 Å². The highest BCUT2D eigenvalue weighted by Crippen LogP contribution is 2.43. The fourth-order valence-corrected chi connectivity index (χ4v) is 4.40. The number of aryl methyl sites for hydroxylation is 1. The van der Waals surface area contributed by atoms with E-state index < -0.39 is 28.8 Å². The van der Waals surface area contributed by atoms with Crippen molar-refractivity contribution in [3.8, 4) is 0 Å². The van der Waals surface area contributed by atoms with Gasteiger partial charge in [0.15, 0.2) is 6.29 Å². The number of fused-ring (bicyclic) bond motifs is 1. The zero-order valence-corrected chi connectivity index (χ0v) is 16.1. The van der Waals surface area contributed by atoms with Crippen molar-refractivity contribution in [2.24, 2.45) is 11.3 Å². The van der Waals surface area contributed by atoms with Crippen molar-refractivity contribution < 1.29 is 14.6 Å². The van der Waals surface area contributed by atoms with Gasteiger partial charge in [-0.1, -0.05) is 13.8 Å². The van der Waals surface area contributed by atoms with Gasteiger partial charge in [0.05, 0.1) is 16.6 Å². The number of nitrogen functional groups attached to an aromatic ring is 1. The number of anilines is 1. The second-order valence-corrected chi connectivity index (χ2v) is 8.45. The SMILES string of the molecule is Cc1c(N2CC(C)C(C)(C(O)O)C2)c(F)cc2c(=O)n(N)c(=O)n(C3CC3)c12. The predicted octanol–water partition coefficient (Wildman–Crippen LogP) is 0.433. The summed E-state index contributed by atoms with van der Waals surface area (Å²) in [5.74, 6) is 4.96. The second kappa shape index (κ2) is 6.05. The predicted molar refractivity (Wildman–Crippen MR) is 103 cm³/mol. The number of aromatic nitrogens is 2. The highest BCUT2D eigenvalue weighted by Gasteiger charge is 2.46. The van der Waals surface area contributed by atoms with Gasteiger partial charge in [-0.05, 0) is 31.7 Å². The third-order valence-corrected chi connectivity index (χ3v) is 6.53. The molecular formula is C19H25FN4O4. The van der Waals surface area contributed by atoms with Crippen LogP contribution in [0.3, 0.4) is 0 Å². The van der Waals surface area contributed by atoms with Crippen LogP contribution in [-0.4, -0.2) is 38.8 Å². The van der Waals surface area contributed by atoms with Gasteiger partial charge >= 0.3 is 5.69 Å². The summed E-state index contributed by atoms with van der Waals surface area (Å²) in [5, 5.41) is 19.7. The Morgan fingerprint density at radius 3 is 2.50 bits per heavy atom. The Bertz CT molecular complexity index is 1090. The molecule has 1 aliphatic carbocycles. The van der Waals surface area contributed by atoms with E-state index in [1.165, 1.54) is 4.57 Å². The molecule has 4 N–H and O–H groups in total. The number of benzene rings is 1. The van der Waals surface area contributed by atoms with Gasteiger partial charge in [0.25, 0.3) is 5.56 Å². The molecule has 2 unspecified atom stereocenters. The van der Waals surface area contributed by atoms with Crippen LogP contribution in [0.2, 0.25) is 0 Å². The Hall–Kier alpha value is -2.39. The summed E-state index contributed by atoms with van der Waals surface area (Å²) in [6, 6.07) is 1.08. The van der Waals surface area contributed by atoms with E-state index in [0.717, 1.165) is 18.9 Å². The van der Waals surface area contributed by atoms with Crippen molar-refractivity contribution in [1.82, 2.24) is 9.24 Å². The van der Waals surface area contributed by atoms with Crippen molar-refractivity contribution in [2.75, 3.05) is 23.8 Å². The summed E-state index contributed by atoms with van der Waals surface area (Å²) in [4.78, 5) is 26.9. The first kappa shape index (κ1) is 18.9. The third kappa shape index (κ3) is 2.49. The molecule has 9 heteroatoms. The van der Waals surface area contributed by atoms with E-state index in [4.69, 9.17) is 5.84 Å². The van der Waals surface area contributed by atoms with Crippen LogP contribution in [0.1, 0.15) is 38.3 Å². The van der Waals surface area contributed by atoms with E-state index in [1.54, 1.807) is 18.7 Å². The molecule has 2 atom stereocenters. The summed E-state index contributed by atoms with van der Waals surface area (Å²) in [6.07, 6.45) is 0.0643. The van der Waals surface area contributed by atoms with Crippen LogP contribution in [0.25, 0.3) is 10.9 Å². The monoisotopic (exact) mass is 392 g/mol. The molecule has 2 aromatic rings. The minimum atomic E-state index is -1.54.